The molecule has 0 saturated carbocycles. The molecule has 2 rings (SSSR count). The highest BCUT2D eigenvalue weighted by atomic mass is 16.5. The molecule has 0 aliphatic heterocycles. The first-order valence-electron chi connectivity index (χ1n) is 8.55. The van der Waals surface area contributed by atoms with Crippen molar-refractivity contribution in [1.29, 1.82) is 0 Å². The highest BCUT2D eigenvalue weighted by molar-refractivity contribution is 5.90. The minimum Gasteiger partial charge on any atom is -0.489 e. The molecule has 0 atom stereocenters. The number of rotatable bonds is 10. The maximum atomic E-state index is 11.9. The van der Waals surface area contributed by atoms with Crippen LogP contribution in [-0.2, 0) is 11.4 Å². The summed E-state index contributed by atoms with van der Waals surface area (Å²) in [5.41, 5.74) is 1.92. The van der Waals surface area contributed by atoms with Crippen molar-refractivity contribution >= 4 is 11.6 Å². The van der Waals surface area contributed by atoms with Crippen LogP contribution in [0.15, 0.2) is 54.6 Å². The van der Waals surface area contributed by atoms with Gasteiger partial charge < -0.3 is 15.4 Å². The Kier molecular flexibility index (Phi) is 7.84. The van der Waals surface area contributed by atoms with Gasteiger partial charge in [-0.2, -0.15) is 0 Å². The summed E-state index contributed by atoms with van der Waals surface area (Å²) in [6, 6.07) is 17.5. The van der Waals surface area contributed by atoms with Gasteiger partial charge >= 0.3 is 0 Å². The molecule has 128 valence electrons. The van der Waals surface area contributed by atoms with Crippen molar-refractivity contribution < 1.29 is 9.53 Å². The van der Waals surface area contributed by atoms with Gasteiger partial charge in [-0.3, -0.25) is 4.79 Å². The van der Waals surface area contributed by atoms with Gasteiger partial charge in [0.05, 0.1) is 0 Å². The highest BCUT2D eigenvalue weighted by Crippen LogP contribution is 2.17. The number of hydrogen-bond donors (Lipinski definition) is 2. The molecule has 24 heavy (non-hydrogen) atoms. The summed E-state index contributed by atoms with van der Waals surface area (Å²) in [7, 11) is 0. The van der Waals surface area contributed by atoms with E-state index >= 15 is 0 Å². The normalized spacial score (nSPS) is 10.4. The van der Waals surface area contributed by atoms with E-state index in [0.717, 1.165) is 36.4 Å². The van der Waals surface area contributed by atoms with Gasteiger partial charge in [-0.15, -0.1) is 0 Å². The van der Waals surface area contributed by atoms with Crippen molar-refractivity contribution in [3.63, 3.8) is 0 Å². The molecule has 2 aromatic carbocycles. The molecule has 0 fully saturated rings. The quantitative estimate of drug-likeness (QED) is 0.649. The molecule has 0 bridgehead atoms. The zero-order valence-electron chi connectivity index (χ0n) is 14.3. The Hall–Kier alpha value is -2.33. The van der Waals surface area contributed by atoms with Crippen molar-refractivity contribution in [3.8, 4) is 5.75 Å². The van der Waals surface area contributed by atoms with Crippen LogP contribution in [0.2, 0.25) is 0 Å². The van der Waals surface area contributed by atoms with Gasteiger partial charge in [0.1, 0.15) is 12.4 Å². The molecule has 2 aromatic rings. The van der Waals surface area contributed by atoms with E-state index in [-0.39, 0.29) is 5.91 Å². The van der Waals surface area contributed by atoms with E-state index in [0.29, 0.717) is 19.6 Å². The van der Waals surface area contributed by atoms with E-state index in [1.807, 2.05) is 54.6 Å². The molecule has 0 spiro atoms. The largest absolute Gasteiger partial charge is 0.489 e. The first kappa shape index (κ1) is 18.0. The number of amides is 1. The summed E-state index contributed by atoms with van der Waals surface area (Å²) < 4.78 is 5.73. The Balaban J connectivity index is 1.70. The van der Waals surface area contributed by atoms with Gasteiger partial charge in [0, 0.05) is 18.7 Å². The summed E-state index contributed by atoms with van der Waals surface area (Å²) in [5.74, 6) is 0.815. The summed E-state index contributed by atoms with van der Waals surface area (Å²) in [4.78, 5) is 11.9. The van der Waals surface area contributed by atoms with Crippen LogP contribution in [-0.4, -0.2) is 19.0 Å². The Morgan fingerprint density at radius 2 is 1.75 bits per heavy atom. The van der Waals surface area contributed by atoms with Crippen LogP contribution in [0.25, 0.3) is 0 Å². The fraction of sp³-hybridized carbons (Fsp3) is 0.350. The van der Waals surface area contributed by atoms with Crippen LogP contribution in [0.1, 0.15) is 31.7 Å². The molecule has 0 aliphatic rings. The van der Waals surface area contributed by atoms with E-state index in [1.165, 1.54) is 0 Å². The summed E-state index contributed by atoms with van der Waals surface area (Å²) in [5, 5.41) is 6.16. The third kappa shape index (κ3) is 6.84. The van der Waals surface area contributed by atoms with Crippen LogP contribution in [0.5, 0.6) is 5.75 Å². The lowest BCUT2D eigenvalue weighted by Gasteiger charge is -2.09. The van der Waals surface area contributed by atoms with Crippen molar-refractivity contribution in [2.75, 3.05) is 18.4 Å². The highest BCUT2D eigenvalue weighted by Gasteiger charge is 2.02. The average Bonchev–Trinajstić information content (AvgIpc) is 2.62. The summed E-state index contributed by atoms with van der Waals surface area (Å²) in [6.45, 7) is 4.37. The maximum absolute atomic E-state index is 11.9. The molecular formula is C20H26N2O2. The SMILES string of the molecule is CCCCNCCC(=O)Nc1ccc(OCc2ccccc2)cc1. The Morgan fingerprint density at radius 1 is 1.00 bits per heavy atom. The van der Waals surface area contributed by atoms with Gasteiger partial charge in [-0.25, -0.2) is 0 Å². The van der Waals surface area contributed by atoms with Crippen molar-refractivity contribution in [1.82, 2.24) is 5.32 Å². The number of hydrogen-bond acceptors (Lipinski definition) is 3. The predicted octanol–water partition coefficient (Wildman–Crippen LogP) is 3.98. The zero-order valence-corrected chi connectivity index (χ0v) is 14.3. The van der Waals surface area contributed by atoms with Crippen molar-refractivity contribution in [2.45, 2.75) is 32.8 Å². The molecule has 4 nitrogen and oxygen atoms in total. The minimum absolute atomic E-state index is 0.0250. The first-order chi connectivity index (χ1) is 11.8. The molecule has 0 unspecified atom stereocenters. The number of carbonyl (C=O) groups excluding carboxylic acids is 1. The lowest BCUT2D eigenvalue weighted by molar-refractivity contribution is -0.116. The van der Waals surface area contributed by atoms with Crippen LogP contribution < -0.4 is 15.4 Å². The Bertz CT molecular complexity index is 597. The fourth-order valence-corrected chi connectivity index (χ4v) is 2.23. The van der Waals surface area contributed by atoms with Gasteiger partial charge in [0.25, 0.3) is 0 Å². The van der Waals surface area contributed by atoms with E-state index in [2.05, 4.69) is 17.6 Å². The summed E-state index contributed by atoms with van der Waals surface area (Å²) >= 11 is 0. The van der Waals surface area contributed by atoms with E-state index < -0.39 is 0 Å². The number of nitrogens with one attached hydrogen (secondary N) is 2. The third-order valence-electron chi connectivity index (χ3n) is 3.62. The van der Waals surface area contributed by atoms with Crippen molar-refractivity contribution in [3.05, 3.63) is 60.2 Å². The summed E-state index contributed by atoms with van der Waals surface area (Å²) in [6.07, 6.45) is 2.79. The zero-order chi connectivity index (χ0) is 17.0. The van der Waals surface area contributed by atoms with Crippen LogP contribution in [0.3, 0.4) is 0 Å². The molecule has 0 radical (unpaired) electrons. The molecule has 1 amide bonds. The number of benzene rings is 2. The van der Waals surface area contributed by atoms with E-state index in [1.54, 1.807) is 0 Å². The Morgan fingerprint density at radius 3 is 2.46 bits per heavy atom. The smallest absolute Gasteiger partial charge is 0.225 e. The van der Waals surface area contributed by atoms with Gasteiger partial charge in [-0.1, -0.05) is 43.7 Å². The van der Waals surface area contributed by atoms with Crippen LogP contribution >= 0.6 is 0 Å². The van der Waals surface area contributed by atoms with E-state index in [4.69, 9.17) is 4.74 Å². The van der Waals surface area contributed by atoms with Gasteiger partial charge in [-0.05, 0) is 42.8 Å². The molecule has 0 saturated heterocycles. The second-order valence-corrected chi connectivity index (χ2v) is 5.70. The molecule has 0 aliphatic carbocycles. The van der Waals surface area contributed by atoms with E-state index in [9.17, 15) is 4.79 Å². The fourth-order valence-electron chi connectivity index (χ4n) is 2.23. The lowest BCUT2D eigenvalue weighted by atomic mass is 10.2. The molecule has 0 heterocycles. The molecule has 4 heteroatoms. The second-order valence-electron chi connectivity index (χ2n) is 5.70. The van der Waals surface area contributed by atoms with Gasteiger partial charge in [0.15, 0.2) is 0 Å². The molecular weight excluding hydrogens is 300 g/mol. The van der Waals surface area contributed by atoms with Gasteiger partial charge in [0.2, 0.25) is 5.91 Å². The topological polar surface area (TPSA) is 50.4 Å². The number of carbonyl (C=O) groups is 1. The number of anilines is 1. The third-order valence-corrected chi connectivity index (χ3v) is 3.62. The standard InChI is InChI=1S/C20H26N2O2/c1-2-3-14-21-15-13-20(23)22-18-9-11-19(12-10-18)24-16-17-7-5-4-6-8-17/h4-12,21H,2-3,13-16H2,1H3,(H,22,23). The van der Waals surface area contributed by atoms with Crippen molar-refractivity contribution in [2.24, 2.45) is 0 Å². The lowest BCUT2D eigenvalue weighted by Crippen LogP contribution is -2.22. The molecule has 2 N–H and O–H groups in total. The minimum atomic E-state index is 0.0250. The predicted molar refractivity (Wildman–Crippen MR) is 98.2 cm³/mol. The number of unbranched alkanes of at least 4 members (excludes halogenated alkanes) is 1. The average molecular weight is 326 g/mol. The van der Waals surface area contributed by atoms with Crippen LogP contribution in [0, 0.1) is 0 Å². The first-order valence-corrected chi connectivity index (χ1v) is 8.55. The molecule has 0 aromatic heterocycles. The second kappa shape index (κ2) is 10.4. The van der Waals surface area contributed by atoms with Crippen LogP contribution in [0.4, 0.5) is 5.69 Å². The monoisotopic (exact) mass is 326 g/mol. The maximum Gasteiger partial charge on any atom is 0.225 e. The Labute approximate surface area is 144 Å². The number of ether oxygens (including phenoxy) is 1.